The zero-order valence-corrected chi connectivity index (χ0v) is 41.7. The molecule has 0 saturated heterocycles. The molecular formula is C57H60N2O12. The van der Waals surface area contributed by atoms with Crippen LogP contribution in [0, 0.1) is 0 Å². The van der Waals surface area contributed by atoms with Crippen LogP contribution in [0.15, 0.2) is 91.0 Å². The lowest BCUT2D eigenvalue weighted by Crippen LogP contribution is -2.47. The third kappa shape index (κ3) is 8.85. The van der Waals surface area contributed by atoms with Crippen LogP contribution < -0.4 is 52.1 Å². The highest BCUT2D eigenvalue weighted by Crippen LogP contribution is 2.53. The lowest BCUT2D eigenvalue weighted by Gasteiger charge is -2.39. The van der Waals surface area contributed by atoms with Crippen LogP contribution in [0.3, 0.4) is 0 Å². The van der Waals surface area contributed by atoms with Gasteiger partial charge in [-0.2, -0.15) is 0 Å². The summed E-state index contributed by atoms with van der Waals surface area (Å²) in [6.07, 6.45) is 5.27. The van der Waals surface area contributed by atoms with Crippen molar-refractivity contribution in [2.24, 2.45) is 0 Å². The highest BCUT2D eigenvalue weighted by molar-refractivity contribution is 5.92. The number of nitrogens with zero attached hydrogens (tertiary/aromatic N) is 2. The first kappa shape index (κ1) is 47.4. The fourth-order valence-electron chi connectivity index (χ4n) is 10.4. The van der Waals surface area contributed by atoms with Crippen LogP contribution in [0.1, 0.15) is 56.6 Å². The van der Waals surface area contributed by atoms with Gasteiger partial charge in [-0.25, -0.2) is 0 Å². The van der Waals surface area contributed by atoms with Crippen LogP contribution in [0.2, 0.25) is 0 Å². The minimum absolute atomic E-state index is 0.000437. The molecule has 0 fully saturated rings. The normalized spacial score (nSPS) is 19.5. The van der Waals surface area contributed by atoms with E-state index in [-0.39, 0.29) is 18.7 Å². The SMILES string of the molecule is COc1ccc2c(c1)OC1(O)COc3cc(OC)c(OC)cc3C1=C2.COc1ccc2cc1Oc1ccc(cc1)CC1c3cc(c(OC)cc3CCN1C)Oc1c(OC)c(OC)cc3c1C(C2)N(C)CC3. The highest BCUT2D eigenvalue weighted by Gasteiger charge is 2.45. The lowest BCUT2D eigenvalue weighted by atomic mass is 9.87. The average Bonchev–Trinajstić information content (AvgIpc) is 3.39. The molecule has 0 radical (unpaired) electrons. The first-order chi connectivity index (χ1) is 34.5. The molecule has 370 valence electrons. The summed E-state index contributed by atoms with van der Waals surface area (Å²) in [5, 5.41) is 11.0. The van der Waals surface area contributed by atoms with Gasteiger partial charge in [-0.15, -0.1) is 0 Å². The summed E-state index contributed by atoms with van der Waals surface area (Å²) < 4.78 is 64.6. The van der Waals surface area contributed by atoms with Crippen molar-refractivity contribution in [1.82, 2.24) is 9.80 Å². The molecule has 6 aliphatic heterocycles. The predicted molar refractivity (Wildman–Crippen MR) is 269 cm³/mol. The van der Waals surface area contributed by atoms with E-state index in [0.717, 1.165) is 61.2 Å². The quantitative estimate of drug-likeness (QED) is 0.163. The Balaban J connectivity index is 0.000000196. The number of ether oxygens (including phenoxy) is 11. The molecule has 6 bridgehead atoms. The van der Waals surface area contributed by atoms with E-state index in [1.165, 1.54) is 22.3 Å². The minimum Gasteiger partial charge on any atom is -0.497 e. The standard InChI is InChI=1S/C38H42N2O6.C19H18O6/c1-39-15-13-25-20-32(42-4)34-22-28(25)29(39)17-23-7-10-27(11-8-23)45-33-19-24(9-12-31(33)41-3)18-30-36-26(14-16-40(30)2)21-35(43-5)37(44-6)38(36)46-34;1-21-12-5-4-11-6-14-13-8-17(22-2)18(23-3)9-16(13)24-10-19(14,20)25-15(11)7-12/h7-12,19-22,29-30H,13-18H2,1-6H3;4-9,20H,10H2,1-3H3. The van der Waals surface area contributed by atoms with Gasteiger partial charge in [0, 0.05) is 59.6 Å². The maximum Gasteiger partial charge on any atom is 0.270 e. The van der Waals surface area contributed by atoms with Crippen molar-refractivity contribution in [1.29, 1.82) is 0 Å². The molecule has 1 N–H and O–H groups in total. The summed E-state index contributed by atoms with van der Waals surface area (Å²) in [7, 11) is 15.8. The second-order valence-electron chi connectivity index (χ2n) is 18.3. The van der Waals surface area contributed by atoms with Crippen LogP contribution in [-0.2, 0) is 25.7 Å². The third-order valence-electron chi connectivity index (χ3n) is 14.3. The predicted octanol–water partition coefficient (Wildman–Crippen LogP) is 9.89. The van der Waals surface area contributed by atoms with Gasteiger partial charge in [0.2, 0.25) is 5.75 Å². The van der Waals surface area contributed by atoms with Crippen molar-refractivity contribution in [2.75, 3.05) is 83.6 Å². The maximum absolute atomic E-state index is 11.0. The molecule has 14 nitrogen and oxygen atoms in total. The van der Waals surface area contributed by atoms with Crippen LogP contribution in [0.25, 0.3) is 11.6 Å². The second-order valence-corrected chi connectivity index (χ2v) is 18.3. The fourth-order valence-corrected chi connectivity index (χ4v) is 10.4. The van der Waals surface area contributed by atoms with E-state index in [1.807, 2.05) is 36.4 Å². The Labute approximate surface area is 414 Å². The van der Waals surface area contributed by atoms with Crippen molar-refractivity contribution < 1.29 is 57.2 Å². The lowest BCUT2D eigenvalue weighted by molar-refractivity contribution is -0.116. The van der Waals surface area contributed by atoms with Crippen molar-refractivity contribution >= 4 is 11.6 Å². The van der Waals surface area contributed by atoms with Crippen LogP contribution in [0.4, 0.5) is 0 Å². The highest BCUT2D eigenvalue weighted by atomic mass is 16.7. The number of fused-ring (bicyclic) bond motifs is 6. The first-order valence-corrected chi connectivity index (χ1v) is 23.7. The van der Waals surface area contributed by atoms with Gasteiger partial charge in [0.1, 0.15) is 23.0 Å². The van der Waals surface area contributed by atoms with E-state index in [1.54, 1.807) is 68.0 Å². The van der Waals surface area contributed by atoms with Crippen molar-refractivity contribution in [3.63, 3.8) is 0 Å². The Morgan fingerprint density at radius 1 is 0.563 bits per heavy atom. The van der Waals surface area contributed by atoms with E-state index >= 15 is 0 Å². The molecule has 0 spiro atoms. The molecular weight excluding hydrogens is 905 g/mol. The number of likely N-dealkylation sites (N-methyl/N-ethyl adjacent to an activating group) is 2. The van der Waals surface area contributed by atoms with Gasteiger partial charge in [-0.3, -0.25) is 9.80 Å². The summed E-state index contributed by atoms with van der Waals surface area (Å²) in [6, 6.07) is 30.2. The number of hydrogen-bond donors (Lipinski definition) is 1. The van der Waals surface area contributed by atoms with Crippen molar-refractivity contribution in [2.45, 2.75) is 43.6 Å². The molecule has 6 aliphatic rings. The van der Waals surface area contributed by atoms with Gasteiger partial charge < -0.3 is 57.2 Å². The Hall–Kier alpha value is -7.26. The molecule has 6 aromatic carbocycles. The van der Waals surface area contributed by atoms with Gasteiger partial charge in [0.05, 0.1) is 49.8 Å². The first-order valence-electron chi connectivity index (χ1n) is 23.7. The Bertz CT molecular complexity index is 3010. The fraction of sp³-hybridized carbons (Fsp3) is 0.333. The molecule has 6 heterocycles. The number of methoxy groups -OCH3 is 7. The summed E-state index contributed by atoms with van der Waals surface area (Å²) in [4.78, 5) is 4.81. The zero-order valence-electron chi connectivity index (χ0n) is 41.7. The maximum atomic E-state index is 11.0. The van der Waals surface area contributed by atoms with Crippen molar-refractivity contribution in [3.8, 4) is 74.7 Å². The Morgan fingerprint density at radius 2 is 1.23 bits per heavy atom. The largest absolute Gasteiger partial charge is 0.497 e. The number of benzene rings is 6. The van der Waals surface area contributed by atoms with Gasteiger partial charge >= 0.3 is 0 Å². The average molecular weight is 965 g/mol. The monoisotopic (exact) mass is 964 g/mol. The Kier molecular flexibility index (Phi) is 13.0. The molecule has 0 aliphatic carbocycles. The minimum atomic E-state index is -1.58. The Morgan fingerprint density at radius 3 is 1.94 bits per heavy atom. The molecule has 12 rings (SSSR count). The van der Waals surface area contributed by atoms with E-state index < -0.39 is 5.79 Å². The summed E-state index contributed by atoms with van der Waals surface area (Å²) in [5.41, 5.74) is 9.32. The van der Waals surface area contributed by atoms with E-state index in [9.17, 15) is 5.11 Å². The van der Waals surface area contributed by atoms with Gasteiger partial charge in [0.15, 0.2) is 52.6 Å². The summed E-state index contributed by atoms with van der Waals surface area (Å²) >= 11 is 0. The van der Waals surface area contributed by atoms with Gasteiger partial charge in [-0.05, 0) is 134 Å². The molecule has 0 saturated carbocycles. The molecule has 71 heavy (non-hydrogen) atoms. The number of hydrogen-bond acceptors (Lipinski definition) is 14. The topological polar surface area (TPSA) is 128 Å². The van der Waals surface area contributed by atoms with E-state index in [2.05, 4.69) is 66.4 Å². The molecule has 14 heteroatoms. The molecule has 0 amide bonds. The molecule has 0 aromatic heterocycles. The number of aliphatic hydroxyl groups is 1. The molecule has 6 aromatic rings. The molecule has 3 atom stereocenters. The van der Waals surface area contributed by atoms with Crippen LogP contribution in [-0.4, -0.2) is 104 Å². The van der Waals surface area contributed by atoms with Gasteiger partial charge in [-0.1, -0.05) is 18.2 Å². The van der Waals surface area contributed by atoms with Crippen LogP contribution in [0.5, 0.6) is 74.7 Å². The smallest absolute Gasteiger partial charge is 0.270 e. The van der Waals surface area contributed by atoms with Gasteiger partial charge in [0.25, 0.3) is 5.79 Å². The summed E-state index contributed by atoms with van der Waals surface area (Å²) in [5.74, 6) is 6.75. The zero-order chi connectivity index (χ0) is 49.6. The van der Waals surface area contributed by atoms with E-state index in [4.69, 9.17) is 52.1 Å². The molecule has 3 unspecified atom stereocenters. The summed E-state index contributed by atoms with van der Waals surface area (Å²) in [6.45, 7) is 1.83. The van der Waals surface area contributed by atoms with Crippen molar-refractivity contribution in [3.05, 3.63) is 136 Å². The number of rotatable bonds is 7. The van der Waals surface area contributed by atoms with E-state index in [0.29, 0.717) is 80.1 Å². The second kappa shape index (κ2) is 19.5. The van der Waals surface area contributed by atoms with Crippen LogP contribution >= 0.6 is 0 Å². The third-order valence-corrected chi connectivity index (χ3v) is 14.3.